The third-order valence-electron chi connectivity index (χ3n) is 12.2. The first-order chi connectivity index (χ1) is 27.9. The van der Waals surface area contributed by atoms with E-state index in [1.807, 2.05) is 50.2 Å². The number of hydrogen-bond acceptors (Lipinski definition) is 11. The molecule has 294 valence electrons. The number of aromatic nitrogens is 2. The van der Waals surface area contributed by atoms with Crippen molar-refractivity contribution in [1.82, 2.24) is 25.3 Å². The zero-order valence-electron chi connectivity index (χ0n) is 32.1. The van der Waals surface area contributed by atoms with Crippen molar-refractivity contribution in [3.63, 3.8) is 0 Å². The number of benzene rings is 3. The maximum absolute atomic E-state index is 13.6. The number of carbonyl (C=O) groups is 5. The molecule has 5 aliphatic rings. The van der Waals surface area contributed by atoms with Gasteiger partial charge >= 0.3 is 0 Å². The average molecular weight is 798 g/mol. The van der Waals surface area contributed by atoms with Crippen molar-refractivity contribution in [3.8, 4) is 17.3 Å². The summed E-state index contributed by atoms with van der Waals surface area (Å²) in [5.41, 5.74) is 4.90. The summed E-state index contributed by atoms with van der Waals surface area (Å²) in [6, 6.07) is 21.3. The highest BCUT2D eigenvalue weighted by Gasteiger charge is 2.46. The number of rotatable bonds is 8. The molecule has 0 saturated carbocycles. The van der Waals surface area contributed by atoms with Crippen LogP contribution in [0.2, 0.25) is 5.02 Å². The molecule has 1 aromatic heterocycles. The summed E-state index contributed by atoms with van der Waals surface area (Å²) in [5.74, 6) is -0.680. The number of nitriles is 1. The van der Waals surface area contributed by atoms with Crippen LogP contribution in [0, 0.1) is 17.2 Å². The maximum atomic E-state index is 13.6. The molecular weight excluding hydrogens is 758 g/mol. The Bertz CT molecular complexity index is 2450. The molecule has 0 bridgehead atoms. The molecule has 6 heterocycles. The number of nitrogens with one attached hydrogen (secondary N) is 1. The Labute approximate surface area is 339 Å². The zero-order valence-corrected chi connectivity index (χ0v) is 32.8. The normalized spacial score (nSPS) is 20.6. The van der Waals surface area contributed by atoms with Gasteiger partial charge in [-0.25, -0.2) is 0 Å². The fourth-order valence-electron chi connectivity index (χ4n) is 8.72. The van der Waals surface area contributed by atoms with E-state index in [1.165, 1.54) is 0 Å². The van der Waals surface area contributed by atoms with Gasteiger partial charge in [-0.3, -0.25) is 44.0 Å². The number of piperidine rings is 1. The highest BCUT2D eigenvalue weighted by Crippen LogP contribution is 2.47. The fraction of sp³-hybridized carbons (Fsp3) is 0.349. The molecule has 0 aliphatic carbocycles. The molecule has 1 N–H and O–H groups in total. The molecule has 0 radical (unpaired) electrons. The zero-order chi connectivity index (χ0) is 40.5. The third-order valence-corrected chi connectivity index (χ3v) is 12.5. The van der Waals surface area contributed by atoms with Crippen molar-refractivity contribution in [2.75, 3.05) is 60.5 Å². The van der Waals surface area contributed by atoms with Crippen LogP contribution in [0.3, 0.4) is 0 Å². The number of nitrogens with zero attached hydrogens (tertiary/aromatic N) is 8. The van der Waals surface area contributed by atoms with Gasteiger partial charge in [-0.15, -0.1) is 10.2 Å². The van der Waals surface area contributed by atoms with Gasteiger partial charge in [0.05, 0.1) is 44.2 Å². The van der Waals surface area contributed by atoms with E-state index in [-0.39, 0.29) is 24.3 Å². The lowest BCUT2D eigenvalue weighted by molar-refractivity contribution is -0.136. The van der Waals surface area contributed by atoms with E-state index < -0.39 is 35.1 Å². The first-order valence-corrected chi connectivity index (χ1v) is 19.9. The number of imide groups is 2. The van der Waals surface area contributed by atoms with Gasteiger partial charge in [-0.2, -0.15) is 5.26 Å². The van der Waals surface area contributed by atoms with Gasteiger partial charge in [0.2, 0.25) is 17.7 Å². The molecule has 3 saturated heterocycles. The second kappa shape index (κ2) is 14.3. The lowest BCUT2D eigenvalue weighted by atomic mass is 9.85. The fourth-order valence-corrected chi connectivity index (χ4v) is 8.94. The molecule has 1 atom stereocenters. The molecule has 5 aliphatic heterocycles. The molecule has 5 amide bonds. The Balaban J connectivity index is 0.763. The summed E-state index contributed by atoms with van der Waals surface area (Å²) >= 11 is 6.32. The predicted octanol–water partition coefficient (Wildman–Crippen LogP) is 4.67. The van der Waals surface area contributed by atoms with Crippen LogP contribution in [-0.2, 0) is 19.8 Å². The second-order valence-electron chi connectivity index (χ2n) is 16.1. The standard InChI is InChI=1S/C43H40ClN9O5/c1-43(2)32-19-26(4-9-35(32)52(42(43)58)29-5-3-27(22-45)33(44)21-29)34-8-11-37(48-47-34)51-23-25(24-51)13-14-49-15-17-50(18-16-49)28-6-7-30-31(20-28)41(57)53(40(30)56)36-10-12-38(54)46-39(36)55/h3-9,11,19-21,25,36H,10,12-18,23-24H2,1-2H3,(H,46,54,55). The van der Waals surface area contributed by atoms with Gasteiger partial charge in [0.25, 0.3) is 11.8 Å². The molecule has 14 nitrogen and oxygen atoms in total. The van der Waals surface area contributed by atoms with E-state index in [0.717, 1.165) is 91.1 Å². The van der Waals surface area contributed by atoms with E-state index >= 15 is 0 Å². The Morgan fingerprint density at radius 3 is 2.31 bits per heavy atom. The monoisotopic (exact) mass is 797 g/mol. The van der Waals surface area contributed by atoms with Crippen LogP contribution in [-0.4, -0.2) is 101 Å². The number of anilines is 4. The first-order valence-electron chi connectivity index (χ1n) is 19.5. The van der Waals surface area contributed by atoms with Crippen LogP contribution < -0.4 is 20.0 Å². The minimum Gasteiger partial charge on any atom is -0.369 e. The maximum Gasteiger partial charge on any atom is 0.262 e. The van der Waals surface area contributed by atoms with Crippen molar-refractivity contribution >= 4 is 64.0 Å². The smallest absolute Gasteiger partial charge is 0.262 e. The molecule has 4 aromatic rings. The summed E-state index contributed by atoms with van der Waals surface area (Å²) in [4.78, 5) is 73.7. The Morgan fingerprint density at radius 2 is 1.60 bits per heavy atom. The number of halogens is 1. The molecule has 9 rings (SSSR count). The predicted molar refractivity (Wildman–Crippen MR) is 216 cm³/mol. The quantitative estimate of drug-likeness (QED) is 0.247. The van der Waals surface area contributed by atoms with E-state index in [0.29, 0.717) is 27.8 Å². The van der Waals surface area contributed by atoms with Crippen LogP contribution in [0.15, 0.2) is 66.7 Å². The largest absolute Gasteiger partial charge is 0.369 e. The molecule has 15 heteroatoms. The van der Waals surface area contributed by atoms with E-state index in [4.69, 9.17) is 11.6 Å². The Hall–Kier alpha value is -6.17. The SMILES string of the molecule is CC1(C)C(=O)N(c2ccc(C#N)c(Cl)c2)c2ccc(-c3ccc(N4CC(CCN5CCN(c6ccc7c(c6)C(=O)N(C6CCC(=O)NC6=O)C7=O)CC5)C4)nn3)cc21. The Morgan fingerprint density at radius 1 is 0.845 bits per heavy atom. The number of amides is 5. The summed E-state index contributed by atoms with van der Waals surface area (Å²) in [6.07, 6.45) is 1.29. The van der Waals surface area contributed by atoms with Crippen molar-refractivity contribution < 1.29 is 24.0 Å². The van der Waals surface area contributed by atoms with Gasteiger partial charge in [0.15, 0.2) is 5.82 Å². The highest BCUT2D eigenvalue weighted by molar-refractivity contribution is 6.32. The van der Waals surface area contributed by atoms with Crippen LogP contribution in [0.25, 0.3) is 11.3 Å². The summed E-state index contributed by atoms with van der Waals surface area (Å²) in [5, 5.41) is 21.0. The second-order valence-corrected chi connectivity index (χ2v) is 16.5. The van der Waals surface area contributed by atoms with E-state index in [9.17, 15) is 29.2 Å². The number of hydrogen-bond donors (Lipinski definition) is 1. The summed E-state index contributed by atoms with van der Waals surface area (Å²) in [7, 11) is 0. The Kier molecular flexibility index (Phi) is 9.25. The molecular formula is C43H40ClN9O5. The minimum atomic E-state index is -0.977. The van der Waals surface area contributed by atoms with Crippen molar-refractivity contribution in [2.45, 2.75) is 44.6 Å². The van der Waals surface area contributed by atoms with Gasteiger partial charge in [0.1, 0.15) is 12.1 Å². The topological polar surface area (TPSA) is 163 Å². The molecule has 58 heavy (non-hydrogen) atoms. The van der Waals surface area contributed by atoms with Crippen LogP contribution in [0.1, 0.15) is 65.0 Å². The van der Waals surface area contributed by atoms with E-state index in [1.54, 1.807) is 35.2 Å². The van der Waals surface area contributed by atoms with Gasteiger partial charge in [0, 0.05) is 56.9 Å². The average Bonchev–Trinajstić information content (AvgIpc) is 3.57. The lowest BCUT2D eigenvalue weighted by Gasteiger charge is -2.42. The number of piperazine rings is 1. The van der Waals surface area contributed by atoms with Crippen LogP contribution in [0.5, 0.6) is 0 Å². The van der Waals surface area contributed by atoms with Crippen LogP contribution >= 0.6 is 11.6 Å². The third kappa shape index (κ3) is 6.35. The van der Waals surface area contributed by atoms with E-state index in [2.05, 4.69) is 36.3 Å². The first kappa shape index (κ1) is 37.4. The molecule has 3 fully saturated rings. The molecule has 3 aromatic carbocycles. The van der Waals surface area contributed by atoms with Gasteiger partial charge in [-0.1, -0.05) is 17.7 Å². The van der Waals surface area contributed by atoms with Gasteiger partial charge in [-0.05, 0) is 105 Å². The van der Waals surface area contributed by atoms with Crippen molar-refractivity contribution in [3.05, 3.63) is 94.0 Å². The lowest BCUT2D eigenvalue weighted by Crippen LogP contribution is -2.54. The summed E-state index contributed by atoms with van der Waals surface area (Å²) < 4.78 is 0. The molecule has 1 unspecified atom stereocenters. The highest BCUT2D eigenvalue weighted by atomic mass is 35.5. The summed E-state index contributed by atoms with van der Waals surface area (Å²) in [6.45, 7) is 9.97. The van der Waals surface area contributed by atoms with Crippen LogP contribution in [0.4, 0.5) is 22.9 Å². The van der Waals surface area contributed by atoms with Crippen molar-refractivity contribution in [2.24, 2.45) is 5.92 Å². The van der Waals surface area contributed by atoms with Gasteiger partial charge < -0.3 is 9.80 Å². The molecule has 0 spiro atoms. The number of carbonyl (C=O) groups excluding carboxylic acids is 5. The number of fused-ring (bicyclic) bond motifs is 2. The van der Waals surface area contributed by atoms with Crippen molar-refractivity contribution in [1.29, 1.82) is 5.26 Å². The minimum absolute atomic E-state index is 0.0763.